The number of nitrogens with zero attached hydrogens (tertiary/aromatic N) is 3. The maximum Gasteiger partial charge on any atom is 0.270 e. The van der Waals surface area contributed by atoms with Gasteiger partial charge in [-0.2, -0.15) is 0 Å². The van der Waals surface area contributed by atoms with Gasteiger partial charge in [-0.15, -0.1) is 0 Å². The molecule has 0 N–H and O–H groups in total. The van der Waals surface area contributed by atoms with E-state index < -0.39 is 14.8 Å². The summed E-state index contributed by atoms with van der Waals surface area (Å²) < 4.78 is 22.4. The zero-order valence-corrected chi connectivity index (χ0v) is 14.7. The van der Waals surface area contributed by atoms with E-state index >= 15 is 0 Å². The second-order valence-electron chi connectivity index (χ2n) is 5.68. The Morgan fingerprint density at radius 3 is 2.46 bits per heavy atom. The van der Waals surface area contributed by atoms with Crippen LogP contribution in [0.1, 0.15) is 10.4 Å². The van der Waals surface area contributed by atoms with Crippen molar-refractivity contribution in [2.24, 2.45) is 0 Å². The highest BCUT2D eigenvalue weighted by atomic mass is 35.5. The van der Waals surface area contributed by atoms with Crippen LogP contribution < -0.4 is 0 Å². The average Bonchev–Trinajstić information content (AvgIpc) is 2.52. The highest BCUT2D eigenvalue weighted by Crippen LogP contribution is 2.23. The Hall–Kier alpha value is -1.71. The minimum atomic E-state index is -3.02. The molecule has 1 aliphatic rings. The van der Waals surface area contributed by atoms with Crippen LogP contribution in [0, 0.1) is 10.1 Å². The number of hydrogen-bond donors (Lipinski definition) is 0. The molecule has 0 spiro atoms. The number of amides is 1. The second-order valence-corrected chi connectivity index (χ2v) is 8.35. The van der Waals surface area contributed by atoms with Gasteiger partial charge >= 0.3 is 0 Å². The topological polar surface area (TPSA) is 101 Å². The SMILES string of the molecule is CS(=O)(=O)CCN1CCN(C(=O)c2cc([N+](=O)[O-])ccc2Cl)CC1. The Kier molecular flexibility index (Phi) is 5.79. The Morgan fingerprint density at radius 2 is 1.92 bits per heavy atom. The van der Waals surface area contributed by atoms with Gasteiger partial charge in [-0.05, 0) is 6.07 Å². The molecule has 0 aromatic heterocycles. The molecule has 1 aliphatic heterocycles. The minimum Gasteiger partial charge on any atom is -0.336 e. The van der Waals surface area contributed by atoms with E-state index in [9.17, 15) is 23.3 Å². The molecule has 8 nitrogen and oxygen atoms in total. The Morgan fingerprint density at radius 1 is 1.29 bits per heavy atom. The van der Waals surface area contributed by atoms with E-state index in [1.165, 1.54) is 24.5 Å². The molecule has 1 amide bonds. The number of sulfone groups is 1. The first kappa shape index (κ1) is 18.6. The van der Waals surface area contributed by atoms with Gasteiger partial charge in [0.05, 0.1) is 21.3 Å². The molecule has 1 heterocycles. The van der Waals surface area contributed by atoms with Crippen molar-refractivity contribution < 1.29 is 18.1 Å². The van der Waals surface area contributed by atoms with Crippen LogP contribution >= 0.6 is 11.6 Å². The third-order valence-electron chi connectivity index (χ3n) is 3.83. The van der Waals surface area contributed by atoms with Gasteiger partial charge in [-0.1, -0.05) is 11.6 Å². The molecule has 10 heteroatoms. The molecule has 1 saturated heterocycles. The summed E-state index contributed by atoms with van der Waals surface area (Å²) in [5.41, 5.74) is -0.0787. The lowest BCUT2D eigenvalue weighted by Crippen LogP contribution is -2.49. The summed E-state index contributed by atoms with van der Waals surface area (Å²) in [6.45, 7) is 2.36. The molecule has 1 fully saturated rings. The predicted octanol–water partition coefficient (Wildman–Crippen LogP) is 1.05. The van der Waals surface area contributed by atoms with Crippen molar-refractivity contribution in [3.63, 3.8) is 0 Å². The third-order valence-corrected chi connectivity index (χ3v) is 5.08. The Bertz CT molecular complexity index is 745. The summed E-state index contributed by atoms with van der Waals surface area (Å²) in [6, 6.07) is 3.78. The van der Waals surface area contributed by atoms with Crippen molar-refractivity contribution in [3.8, 4) is 0 Å². The number of carbonyl (C=O) groups is 1. The van der Waals surface area contributed by atoms with Gasteiger partial charge in [-0.25, -0.2) is 8.42 Å². The molecular formula is C14H18ClN3O5S. The third kappa shape index (κ3) is 4.89. The molecule has 24 heavy (non-hydrogen) atoms. The van der Waals surface area contributed by atoms with Gasteiger partial charge in [0.25, 0.3) is 11.6 Å². The van der Waals surface area contributed by atoms with Crippen LogP contribution in [0.5, 0.6) is 0 Å². The van der Waals surface area contributed by atoms with E-state index in [1.54, 1.807) is 4.90 Å². The Balaban J connectivity index is 2.00. The fourth-order valence-corrected chi connectivity index (χ4v) is 3.22. The van der Waals surface area contributed by atoms with E-state index in [4.69, 9.17) is 11.6 Å². The van der Waals surface area contributed by atoms with Crippen LogP contribution in [0.25, 0.3) is 0 Å². The molecule has 1 aromatic carbocycles. The number of nitro groups is 1. The summed E-state index contributed by atoms with van der Waals surface area (Å²) >= 11 is 6.00. The molecule has 0 unspecified atom stereocenters. The van der Waals surface area contributed by atoms with Gasteiger partial charge in [0, 0.05) is 51.1 Å². The molecule has 0 bridgehead atoms. The molecule has 0 atom stereocenters. The predicted molar refractivity (Wildman–Crippen MR) is 90.2 cm³/mol. The lowest BCUT2D eigenvalue weighted by atomic mass is 10.1. The Labute approximate surface area is 145 Å². The van der Waals surface area contributed by atoms with E-state index in [1.807, 2.05) is 4.90 Å². The highest BCUT2D eigenvalue weighted by Gasteiger charge is 2.25. The lowest BCUT2D eigenvalue weighted by molar-refractivity contribution is -0.384. The average molecular weight is 376 g/mol. The van der Waals surface area contributed by atoms with Crippen molar-refractivity contribution in [1.82, 2.24) is 9.80 Å². The smallest absolute Gasteiger partial charge is 0.270 e. The van der Waals surface area contributed by atoms with Crippen molar-refractivity contribution >= 4 is 33.0 Å². The number of rotatable bonds is 5. The standard InChI is InChI=1S/C14H18ClN3O5S/c1-24(22,23)9-8-16-4-6-17(7-5-16)14(19)12-10-11(18(20)21)2-3-13(12)15/h2-3,10H,4-9H2,1H3. The summed E-state index contributed by atoms with van der Waals surface area (Å²) in [7, 11) is -3.02. The summed E-state index contributed by atoms with van der Waals surface area (Å²) in [4.78, 5) is 26.3. The number of nitro benzene ring substituents is 1. The fraction of sp³-hybridized carbons (Fsp3) is 0.500. The number of carbonyl (C=O) groups excluding carboxylic acids is 1. The highest BCUT2D eigenvalue weighted by molar-refractivity contribution is 7.90. The first-order valence-corrected chi connectivity index (χ1v) is 9.74. The molecule has 0 saturated carbocycles. The quantitative estimate of drug-likeness (QED) is 0.563. The zero-order chi connectivity index (χ0) is 17.9. The monoisotopic (exact) mass is 375 g/mol. The van der Waals surface area contributed by atoms with Crippen molar-refractivity contribution in [2.45, 2.75) is 0 Å². The molecule has 0 radical (unpaired) electrons. The van der Waals surface area contributed by atoms with Crippen LogP contribution in [0.2, 0.25) is 5.02 Å². The lowest BCUT2D eigenvalue weighted by Gasteiger charge is -2.34. The number of non-ortho nitro benzene ring substituents is 1. The van der Waals surface area contributed by atoms with Crippen molar-refractivity contribution in [1.29, 1.82) is 0 Å². The molecule has 1 aromatic rings. The summed E-state index contributed by atoms with van der Waals surface area (Å²) in [5, 5.41) is 11.0. The first-order valence-electron chi connectivity index (χ1n) is 7.30. The normalized spacial score (nSPS) is 16.2. The number of hydrogen-bond acceptors (Lipinski definition) is 6. The van der Waals surface area contributed by atoms with E-state index in [2.05, 4.69) is 0 Å². The number of benzene rings is 1. The summed E-state index contributed by atoms with van der Waals surface area (Å²) in [5.74, 6) is -0.274. The van der Waals surface area contributed by atoms with E-state index in [0.717, 1.165) is 0 Å². The number of piperazine rings is 1. The van der Waals surface area contributed by atoms with Crippen LogP contribution in [-0.2, 0) is 9.84 Å². The summed E-state index contributed by atoms with van der Waals surface area (Å²) in [6.07, 6.45) is 1.19. The first-order chi connectivity index (χ1) is 11.2. The fourth-order valence-electron chi connectivity index (χ4n) is 2.43. The molecule has 0 aliphatic carbocycles. The van der Waals surface area contributed by atoms with Gasteiger partial charge in [-0.3, -0.25) is 19.8 Å². The van der Waals surface area contributed by atoms with Crippen LogP contribution in [-0.4, -0.2) is 73.8 Å². The maximum absolute atomic E-state index is 12.5. The maximum atomic E-state index is 12.5. The van der Waals surface area contributed by atoms with Crippen LogP contribution in [0.4, 0.5) is 5.69 Å². The molecule has 2 rings (SSSR count). The van der Waals surface area contributed by atoms with Crippen molar-refractivity contribution in [2.75, 3.05) is 44.7 Å². The molecule has 132 valence electrons. The largest absolute Gasteiger partial charge is 0.336 e. The van der Waals surface area contributed by atoms with E-state index in [-0.39, 0.29) is 27.9 Å². The molecular weight excluding hydrogens is 358 g/mol. The second kappa shape index (κ2) is 7.45. The van der Waals surface area contributed by atoms with Gasteiger partial charge in [0.1, 0.15) is 9.84 Å². The van der Waals surface area contributed by atoms with Gasteiger partial charge in [0.15, 0.2) is 0 Å². The van der Waals surface area contributed by atoms with E-state index in [0.29, 0.717) is 32.7 Å². The van der Waals surface area contributed by atoms with Crippen LogP contribution in [0.15, 0.2) is 18.2 Å². The van der Waals surface area contributed by atoms with Gasteiger partial charge in [0.2, 0.25) is 0 Å². The number of halogens is 1. The van der Waals surface area contributed by atoms with Crippen molar-refractivity contribution in [3.05, 3.63) is 38.9 Å². The zero-order valence-electron chi connectivity index (χ0n) is 13.1. The van der Waals surface area contributed by atoms with Crippen LogP contribution in [0.3, 0.4) is 0 Å². The van der Waals surface area contributed by atoms with Gasteiger partial charge < -0.3 is 4.90 Å². The minimum absolute atomic E-state index is 0.0810.